The van der Waals surface area contributed by atoms with Gasteiger partial charge in [-0.25, -0.2) is 0 Å². The SMILES string of the molecule is CC(CC1CCC1)Nc1ccc(OC(F)F)c(Cl)c1. The Hall–Kier alpha value is -1.03. The molecular formula is C14H18ClF2NO. The summed E-state index contributed by atoms with van der Waals surface area (Å²) in [5.74, 6) is 0.827. The topological polar surface area (TPSA) is 21.3 Å². The first-order valence-electron chi connectivity index (χ1n) is 6.55. The van der Waals surface area contributed by atoms with E-state index in [9.17, 15) is 8.78 Å². The van der Waals surface area contributed by atoms with E-state index in [1.54, 1.807) is 12.1 Å². The zero-order chi connectivity index (χ0) is 13.8. The summed E-state index contributed by atoms with van der Waals surface area (Å²) >= 11 is 5.90. The fourth-order valence-corrected chi connectivity index (χ4v) is 2.58. The minimum absolute atomic E-state index is 0.00821. The van der Waals surface area contributed by atoms with Crippen molar-refractivity contribution < 1.29 is 13.5 Å². The number of ether oxygens (including phenoxy) is 1. The lowest BCUT2D eigenvalue weighted by Crippen LogP contribution is -2.23. The predicted molar refractivity (Wildman–Crippen MR) is 73.1 cm³/mol. The van der Waals surface area contributed by atoms with Crippen molar-refractivity contribution in [2.24, 2.45) is 5.92 Å². The predicted octanol–water partition coefficient (Wildman–Crippen LogP) is 4.93. The van der Waals surface area contributed by atoms with E-state index >= 15 is 0 Å². The van der Waals surface area contributed by atoms with Crippen molar-refractivity contribution in [2.45, 2.75) is 45.3 Å². The molecule has 1 atom stereocenters. The van der Waals surface area contributed by atoms with E-state index in [1.165, 1.54) is 25.3 Å². The van der Waals surface area contributed by atoms with Crippen LogP contribution in [0.3, 0.4) is 0 Å². The molecule has 1 aromatic carbocycles. The maximum Gasteiger partial charge on any atom is 0.387 e. The molecule has 0 aromatic heterocycles. The van der Waals surface area contributed by atoms with Crippen molar-refractivity contribution in [3.63, 3.8) is 0 Å². The molecule has 5 heteroatoms. The van der Waals surface area contributed by atoms with Gasteiger partial charge in [-0.1, -0.05) is 30.9 Å². The van der Waals surface area contributed by atoms with Gasteiger partial charge in [0.05, 0.1) is 5.02 Å². The third-order valence-electron chi connectivity index (χ3n) is 3.47. The Kier molecular flexibility index (Phi) is 4.86. The quantitative estimate of drug-likeness (QED) is 0.801. The van der Waals surface area contributed by atoms with Crippen molar-refractivity contribution in [3.8, 4) is 5.75 Å². The highest BCUT2D eigenvalue weighted by Gasteiger charge is 2.20. The monoisotopic (exact) mass is 289 g/mol. The zero-order valence-electron chi connectivity index (χ0n) is 10.8. The fourth-order valence-electron chi connectivity index (χ4n) is 2.35. The second-order valence-corrected chi connectivity index (χ2v) is 5.51. The first-order valence-corrected chi connectivity index (χ1v) is 6.93. The minimum atomic E-state index is -2.85. The van der Waals surface area contributed by atoms with Crippen LogP contribution in [0.5, 0.6) is 5.75 Å². The summed E-state index contributed by atoms with van der Waals surface area (Å²) in [4.78, 5) is 0. The van der Waals surface area contributed by atoms with Gasteiger partial charge in [0.1, 0.15) is 5.75 Å². The van der Waals surface area contributed by atoms with E-state index < -0.39 is 6.61 Å². The summed E-state index contributed by atoms with van der Waals surface area (Å²) in [7, 11) is 0. The Morgan fingerprint density at radius 2 is 2.16 bits per heavy atom. The van der Waals surface area contributed by atoms with Gasteiger partial charge in [-0.2, -0.15) is 8.78 Å². The number of nitrogens with one attached hydrogen (secondary N) is 1. The third-order valence-corrected chi connectivity index (χ3v) is 3.77. The highest BCUT2D eigenvalue weighted by Crippen LogP contribution is 2.32. The molecule has 0 amide bonds. The molecule has 19 heavy (non-hydrogen) atoms. The molecular weight excluding hydrogens is 272 g/mol. The largest absolute Gasteiger partial charge is 0.433 e. The second-order valence-electron chi connectivity index (χ2n) is 5.10. The van der Waals surface area contributed by atoms with Gasteiger partial charge < -0.3 is 10.1 Å². The van der Waals surface area contributed by atoms with Gasteiger partial charge in [0.15, 0.2) is 0 Å². The van der Waals surface area contributed by atoms with Crippen molar-refractivity contribution in [2.75, 3.05) is 5.32 Å². The molecule has 2 rings (SSSR count). The van der Waals surface area contributed by atoms with Crippen molar-refractivity contribution in [3.05, 3.63) is 23.2 Å². The third kappa shape index (κ3) is 4.23. The molecule has 0 radical (unpaired) electrons. The number of benzene rings is 1. The molecule has 1 unspecified atom stereocenters. The first-order chi connectivity index (χ1) is 9.04. The van der Waals surface area contributed by atoms with Gasteiger partial charge in [-0.15, -0.1) is 0 Å². The van der Waals surface area contributed by atoms with Crippen molar-refractivity contribution in [1.82, 2.24) is 0 Å². The molecule has 1 fully saturated rings. The molecule has 106 valence electrons. The van der Waals surface area contributed by atoms with Crippen LogP contribution in [0.1, 0.15) is 32.6 Å². The number of halogens is 3. The zero-order valence-corrected chi connectivity index (χ0v) is 11.6. The van der Waals surface area contributed by atoms with Crippen LogP contribution in [0.15, 0.2) is 18.2 Å². The Balaban J connectivity index is 1.91. The fraction of sp³-hybridized carbons (Fsp3) is 0.571. The lowest BCUT2D eigenvalue weighted by molar-refractivity contribution is -0.0497. The van der Waals surface area contributed by atoms with Crippen LogP contribution in [0, 0.1) is 5.92 Å². The minimum Gasteiger partial charge on any atom is -0.433 e. The normalized spacial score (nSPS) is 17.1. The highest BCUT2D eigenvalue weighted by atomic mass is 35.5. The number of anilines is 1. The molecule has 1 aromatic rings. The number of hydrogen-bond acceptors (Lipinski definition) is 2. The average Bonchev–Trinajstić information content (AvgIpc) is 2.27. The van der Waals surface area contributed by atoms with Gasteiger partial charge >= 0.3 is 6.61 Å². The van der Waals surface area contributed by atoms with Crippen LogP contribution < -0.4 is 10.1 Å². The summed E-state index contributed by atoms with van der Waals surface area (Å²) < 4.78 is 28.5. The molecule has 1 aliphatic rings. The van der Waals surface area contributed by atoms with Crippen LogP contribution in [0.2, 0.25) is 5.02 Å². The van der Waals surface area contributed by atoms with E-state index in [4.69, 9.17) is 11.6 Å². The Morgan fingerprint density at radius 3 is 2.68 bits per heavy atom. The summed E-state index contributed by atoms with van der Waals surface area (Å²) in [5.41, 5.74) is 0.832. The maximum absolute atomic E-state index is 12.1. The molecule has 0 aliphatic heterocycles. The van der Waals surface area contributed by atoms with Crippen molar-refractivity contribution in [1.29, 1.82) is 0 Å². The summed E-state index contributed by atoms with van der Waals surface area (Å²) in [6.07, 6.45) is 5.09. The number of rotatable bonds is 6. The molecule has 0 heterocycles. The highest BCUT2D eigenvalue weighted by molar-refractivity contribution is 6.32. The van der Waals surface area contributed by atoms with Crippen LogP contribution in [-0.2, 0) is 0 Å². The molecule has 2 nitrogen and oxygen atoms in total. The van der Waals surface area contributed by atoms with E-state index in [0.717, 1.165) is 18.0 Å². The van der Waals surface area contributed by atoms with E-state index in [1.807, 2.05) is 0 Å². The van der Waals surface area contributed by atoms with Gasteiger partial charge in [-0.05, 0) is 37.5 Å². The molecule has 1 saturated carbocycles. The maximum atomic E-state index is 12.1. The van der Waals surface area contributed by atoms with Gasteiger partial charge in [0, 0.05) is 11.7 Å². The molecule has 0 spiro atoms. The molecule has 0 saturated heterocycles. The lowest BCUT2D eigenvalue weighted by atomic mass is 9.81. The van der Waals surface area contributed by atoms with Gasteiger partial charge in [-0.3, -0.25) is 0 Å². The van der Waals surface area contributed by atoms with Crippen LogP contribution in [0.25, 0.3) is 0 Å². The molecule has 1 aliphatic carbocycles. The van der Waals surface area contributed by atoms with E-state index in [2.05, 4.69) is 17.0 Å². The van der Waals surface area contributed by atoms with Crippen LogP contribution in [0.4, 0.5) is 14.5 Å². The van der Waals surface area contributed by atoms with Crippen LogP contribution >= 0.6 is 11.6 Å². The Morgan fingerprint density at radius 1 is 1.42 bits per heavy atom. The van der Waals surface area contributed by atoms with Gasteiger partial charge in [0.25, 0.3) is 0 Å². The van der Waals surface area contributed by atoms with E-state index in [-0.39, 0.29) is 10.8 Å². The Bertz CT molecular complexity index is 424. The lowest BCUT2D eigenvalue weighted by Gasteiger charge is -2.29. The summed E-state index contributed by atoms with van der Waals surface area (Å²) in [5, 5.41) is 3.53. The first kappa shape index (κ1) is 14.4. The standard InChI is InChI=1S/C14H18ClF2NO/c1-9(7-10-3-2-4-10)18-11-5-6-13(12(15)8-11)19-14(16)17/h5-6,8-10,14,18H,2-4,7H2,1H3. The van der Waals surface area contributed by atoms with E-state index in [0.29, 0.717) is 6.04 Å². The second kappa shape index (κ2) is 6.42. The Labute approximate surface area is 117 Å². The summed E-state index contributed by atoms with van der Waals surface area (Å²) in [6, 6.07) is 5.15. The number of hydrogen-bond donors (Lipinski definition) is 1. The average molecular weight is 290 g/mol. The van der Waals surface area contributed by atoms with Crippen molar-refractivity contribution >= 4 is 17.3 Å². The summed E-state index contributed by atoms with van der Waals surface area (Å²) in [6.45, 7) is -0.732. The number of alkyl halides is 2. The van der Waals surface area contributed by atoms with Crippen LogP contribution in [-0.4, -0.2) is 12.7 Å². The smallest absolute Gasteiger partial charge is 0.387 e. The molecule has 0 bridgehead atoms. The van der Waals surface area contributed by atoms with Gasteiger partial charge in [0.2, 0.25) is 0 Å². The molecule has 1 N–H and O–H groups in total.